The number of ether oxygens (including phenoxy) is 1. The van der Waals surface area contributed by atoms with Crippen molar-refractivity contribution in [1.82, 2.24) is 15.6 Å². The summed E-state index contributed by atoms with van der Waals surface area (Å²) in [6.45, 7) is 5.65. The Morgan fingerprint density at radius 1 is 1.33 bits per heavy atom. The molecule has 5 nitrogen and oxygen atoms in total. The zero-order valence-corrected chi connectivity index (χ0v) is 16.8. The number of halogens is 1. The van der Waals surface area contributed by atoms with E-state index in [4.69, 9.17) is 4.74 Å². The highest BCUT2D eigenvalue weighted by Gasteiger charge is 2.07. The number of thiazole rings is 1. The molecule has 2 N–H and O–H groups in total. The second-order valence-electron chi connectivity index (χ2n) is 5.57. The molecule has 0 amide bonds. The summed E-state index contributed by atoms with van der Waals surface area (Å²) in [6, 6.07) is 6.01. The van der Waals surface area contributed by atoms with Gasteiger partial charge in [0.15, 0.2) is 5.96 Å². The number of guanidine groups is 1. The third-order valence-electron chi connectivity index (χ3n) is 3.47. The van der Waals surface area contributed by atoms with Crippen LogP contribution in [0.3, 0.4) is 0 Å². The average molecular weight is 411 g/mol. The minimum absolute atomic E-state index is 0.459. The van der Waals surface area contributed by atoms with Crippen molar-refractivity contribution in [2.45, 2.75) is 32.9 Å². The van der Waals surface area contributed by atoms with Crippen LogP contribution in [0.5, 0.6) is 5.75 Å². The van der Waals surface area contributed by atoms with Crippen LogP contribution in [0.15, 0.2) is 33.0 Å². The first-order chi connectivity index (χ1) is 11.5. The molecule has 130 valence electrons. The zero-order chi connectivity index (χ0) is 17.5. The summed E-state index contributed by atoms with van der Waals surface area (Å²) in [6.07, 6.45) is 0. The van der Waals surface area contributed by atoms with Crippen LogP contribution in [0.25, 0.3) is 0 Å². The second-order valence-corrected chi connectivity index (χ2v) is 7.37. The van der Waals surface area contributed by atoms with E-state index < -0.39 is 0 Å². The predicted octanol–water partition coefficient (Wildman–Crippen LogP) is 3.90. The van der Waals surface area contributed by atoms with Gasteiger partial charge in [-0.15, -0.1) is 11.3 Å². The number of aliphatic imine (C=N–C) groups is 1. The molecular formula is C17H23BrN4OS. The fraction of sp³-hybridized carbons (Fsp3) is 0.412. The molecule has 24 heavy (non-hydrogen) atoms. The first-order valence-corrected chi connectivity index (χ1v) is 9.42. The molecule has 0 aliphatic rings. The largest absolute Gasteiger partial charge is 0.496 e. The average Bonchev–Trinajstić information content (AvgIpc) is 3.04. The van der Waals surface area contributed by atoms with E-state index in [1.165, 1.54) is 0 Å². The Labute approximate surface area is 155 Å². The molecular weight excluding hydrogens is 388 g/mol. The van der Waals surface area contributed by atoms with E-state index in [2.05, 4.69) is 55.8 Å². The van der Waals surface area contributed by atoms with Gasteiger partial charge in [-0.1, -0.05) is 19.9 Å². The lowest BCUT2D eigenvalue weighted by molar-refractivity contribution is 0.412. The third-order valence-corrected chi connectivity index (χ3v) is 4.95. The Morgan fingerprint density at radius 3 is 2.67 bits per heavy atom. The third kappa shape index (κ3) is 5.21. The van der Waals surface area contributed by atoms with Crippen LogP contribution < -0.4 is 15.4 Å². The zero-order valence-electron chi connectivity index (χ0n) is 14.4. The summed E-state index contributed by atoms with van der Waals surface area (Å²) in [4.78, 5) is 8.87. The fourth-order valence-electron chi connectivity index (χ4n) is 2.06. The summed E-state index contributed by atoms with van der Waals surface area (Å²) < 4.78 is 6.18. The summed E-state index contributed by atoms with van der Waals surface area (Å²) in [5.74, 6) is 2.04. The van der Waals surface area contributed by atoms with Crippen LogP contribution in [-0.4, -0.2) is 25.1 Å². The van der Waals surface area contributed by atoms with Crippen molar-refractivity contribution in [3.63, 3.8) is 0 Å². The van der Waals surface area contributed by atoms with Gasteiger partial charge < -0.3 is 15.4 Å². The molecule has 0 radical (unpaired) electrons. The van der Waals surface area contributed by atoms with Crippen molar-refractivity contribution in [2.75, 3.05) is 14.2 Å². The molecule has 0 atom stereocenters. The maximum Gasteiger partial charge on any atom is 0.191 e. The Kier molecular flexibility index (Phi) is 7.05. The Hall–Kier alpha value is -1.60. The highest BCUT2D eigenvalue weighted by atomic mass is 79.9. The standard InChI is InChI=1S/C17H23BrN4OS/c1-11(2)14-10-24-16(22-14)9-21-17(19-3)20-8-12-5-6-15(23-4)13(18)7-12/h5-7,10-11H,8-9H2,1-4H3,(H2,19,20,21). The molecule has 7 heteroatoms. The minimum atomic E-state index is 0.459. The molecule has 1 heterocycles. The number of nitrogens with zero attached hydrogens (tertiary/aromatic N) is 2. The molecule has 0 aliphatic heterocycles. The molecule has 0 spiro atoms. The van der Waals surface area contributed by atoms with E-state index in [1.807, 2.05) is 18.2 Å². The Balaban J connectivity index is 1.87. The summed E-state index contributed by atoms with van der Waals surface area (Å²) >= 11 is 5.18. The molecule has 2 aromatic rings. The molecule has 0 unspecified atom stereocenters. The topological polar surface area (TPSA) is 58.5 Å². The molecule has 0 saturated heterocycles. The van der Waals surface area contributed by atoms with Gasteiger partial charge in [0.25, 0.3) is 0 Å². The lowest BCUT2D eigenvalue weighted by Gasteiger charge is -2.12. The van der Waals surface area contributed by atoms with E-state index in [0.29, 0.717) is 19.0 Å². The molecule has 0 fully saturated rings. The van der Waals surface area contributed by atoms with Crippen molar-refractivity contribution in [2.24, 2.45) is 4.99 Å². The molecule has 1 aromatic heterocycles. The smallest absolute Gasteiger partial charge is 0.191 e. The first-order valence-electron chi connectivity index (χ1n) is 7.74. The van der Waals surface area contributed by atoms with E-state index in [0.717, 1.165) is 32.4 Å². The van der Waals surface area contributed by atoms with Crippen LogP contribution >= 0.6 is 27.3 Å². The predicted molar refractivity (Wildman–Crippen MR) is 104 cm³/mol. The Bertz CT molecular complexity index is 700. The van der Waals surface area contributed by atoms with Crippen LogP contribution in [-0.2, 0) is 13.1 Å². The number of rotatable bonds is 6. The summed E-state index contributed by atoms with van der Waals surface area (Å²) in [7, 11) is 3.42. The van der Waals surface area contributed by atoms with Crippen molar-refractivity contribution < 1.29 is 4.74 Å². The van der Waals surface area contributed by atoms with Gasteiger partial charge in [-0.2, -0.15) is 0 Å². The van der Waals surface area contributed by atoms with Gasteiger partial charge >= 0.3 is 0 Å². The molecule has 0 saturated carbocycles. The monoisotopic (exact) mass is 410 g/mol. The van der Waals surface area contributed by atoms with Crippen LogP contribution in [0.4, 0.5) is 0 Å². The lowest BCUT2D eigenvalue weighted by atomic mass is 10.2. The van der Waals surface area contributed by atoms with Gasteiger partial charge in [0, 0.05) is 19.0 Å². The van der Waals surface area contributed by atoms with Gasteiger partial charge in [-0.05, 0) is 39.5 Å². The van der Waals surface area contributed by atoms with Crippen molar-refractivity contribution >= 4 is 33.2 Å². The second kappa shape index (κ2) is 9.03. The Morgan fingerprint density at radius 2 is 2.08 bits per heavy atom. The van der Waals surface area contributed by atoms with Gasteiger partial charge in [-0.25, -0.2) is 4.98 Å². The van der Waals surface area contributed by atoms with Gasteiger partial charge in [0.05, 0.1) is 23.8 Å². The van der Waals surface area contributed by atoms with Crippen LogP contribution in [0.2, 0.25) is 0 Å². The van der Waals surface area contributed by atoms with Gasteiger partial charge in [0.2, 0.25) is 0 Å². The highest BCUT2D eigenvalue weighted by Crippen LogP contribution is 2.25. The van der Waals surface area contributed by atoms with Gasteiger partial charge in [-0.3, -0.25) is 4.99 Å². The maximum atomic E-state index is 5.24. The van der Waals surface area contributed by atoms with E-state index >= 15 is 0 Å². The normalized spacial score (nSPS) is 11.7. The van der Waals surface area contributed by atoms with E-state index in [-0.39, 0.29) is 0 Å². The van der Waals surface area contributed by atoms with Crippen molar-refractivity contribution in [3.8, 4) is 5.75 Å². The molecule has 0 aliphatic carbocycles. The van der Waals surface area contributed by atoms with Crippen molar-refractivity contribution in [1.29, 1.82) is 0 Å². The lowest BCUT2D eigenvalue weighted by Crippen LogP contribution is -2.36. The minimum Gasteiger partial charge on any atom is -0.496 e. The maximum absolute atomic E-state index is 5.24. The molecule has 0 bridgehead atoms. The van der Waals surface area contributed by atoms with Crippen LogP contribution in [0, 0.1) is 0 Å². The molecule has 2 rings (SSSR count). The number of hydrogen-bond donors (Lipinski definition) is 2. The number of hydrogen-bond acceptors (Lipinski definition) is 4. The highest BCUT2D eigenvalue weighted by molar-refractivity contribution is 9.10. The first kappa shape index (κ1) is 18.7. The number of nitrogens with one attached hydrogen (secondary N) is 2. The fourth-order valence-corrected chi connectivity index (χ4v) is 3.54. The van der Waals surface area contributed by atoms with Crippen LogP contribution in [0.1, 0.15) is 36.0 Å². The number of methoxy groups -OCH3 is 1. The quantitative estimate of drug-likeness (QED) is 0.559. The number of aromatic nitrogens is 1. The number of benzene rings is 1. The van der Waals surface area contributed by atoms with E-state index in [1.54, 1.807) is 25.5 Å². The SMILES string of the molecule is CN=C(NCc1ccc(OC)c(Br)c1)NCc1nc(C(C)C)cs1. The van der Waals surface area contributed by atoms with E-state index in [9.17, 15) is 0 Å². The van der Waals surface area contributed by atoms with Crippen molar-refractivity contribution in [3.05, 3.63) is 44.3 Å². The summed E-state index contributed by atoms with van der Waals surface area (Å²) in [5, 5.41) is 9.78. The van der Waals surface area contributed by atoms with Gasteiger partial charge in [0.1, 0.15) is 10.8 Å². The molecule has 1 aromatic carbocycles. The summed E-state index contributed by atoms with van der Waals surface area (Å²) in [5.41, 5.74) is 2.28.